The molecule has 0 unspecified atom stereocenters. The number of rotatable bonds is 9. The molecule has 0 aliphatic heterocycles. The van der Waals surface area contributed by atoms with Crippen molar-refractivity contribution >= 4 is 0 Å². The molecule has 0 aliphatic rings. The van der Waals surface area contributed by atoms with Gasteiger partial charge in [-0.25, -0.2) is 0 Å². The van der Waals surface area contributed by atoms with Crippen LogP contribution in [-0.2, 0) is 16.0 Å². The summed E-state index contributed by atoms with van der Waals surface area (Å²) in [4.78, 5) is 0. The zero-order valence-electron chi connectivity index (χ0n) is 12.1. The maximum Gasteiger partial charge on any atom is 0.573 e. The lowest BCUT2D eigenvalue weighted by molar-refractivity contribution is -0.274. The van der Waals surface area contributed by atoms with Crippen molar-refractivity contribution in [2.75, 3.05) is 19.8 Å². The molecule has 0 heterocycles. The predicted molar refractivity (Wildman–Crippen MR) is 71.9 cm³/mol. The highest BCUT2D eigenvalue weighted by Gasteiger charge is 2.30. The van der Waals surface area contributed by atoms with Gasteiger partial charge in [-0.1, -0.05) is 12.1 Å². The van der Waals surface area contributed by atoms with Crippen LogP contribution in [0.3, 0.4) is 0 Å². The lowest BCUT2D eigenvalue weighted by Gasteiger charge is -2.17. The summed E-state index contributed by atoms with van der Waals surface area (Å²) in [5, 5.41) is 3.13. The minimum atomic E-state index is -4.66. The minimum Gasteiger partial charge on any atom is -0.406 e. The fourth-order valence-electron chi connectivity index (χ4n) is 1.68. The van der Waals surface area contributed by atoms with Crippen LogP contribution in [0.5, 0.6) is 5.75 Å². The molecule has 120 valence electrons. The Hall–Kier alpha value is -1.31. The summed E-state index contributed by atoms with van der Waals surface area (Å²) >= 11 is 0. The summed E-state index contributed by atoms with van der Waals surface area (Å²) in [6, 6.07) is 5.72. The molecule has 0 saturated carbocycles. The van der Waals surface area contributed by atoms with E-state index in [1.807, 2.05) is 13.8 Å². The van der Waals surface area contributed by atoms with Crippen LogP contribution in [0, 0.1) is 0 Å². The van der Waals surface area contributed by atoms with Crippen molar-refractivity contribution in [3.63, 3.8) is 0 Å². The quantitative estimate of drug-likeness (QED) is 0.712. The monoisotopic (exact) mass is 307 g/mol. The Morgan fingerprint density at radius 2 is 1.62 bits per heavy atom. The van der Waals surface area contributed by atoms with Crippen molar-refractivity contribution in [3.05, 3.63) is 29.8 Å². The maximum absolute atomic E-state index is 12.0. The van der Waals surface area contributed by atoms with Crippen molar-refractivity contribution in [2.24, 2.45) is 0 Å². The molecule has 1 aromatic carbocycles. The van der Waals surface area contributed by atoms with Gasteiger partial charge in [-0.2, -0.15) is 0 Å². The summed E-state index contributed by atoms with van der Waals surface area (Å²) in [5.74, 6) is -0.229. The van der Waals surface area contributed by atoms with Crippen LogP contribution in [-0.4, -0.2) is 32.4 Å². The van der Waals surface area contributed by atoms with Crippen molar-refractivity contribution in [2.45, 2.75) is 33.0 Å². The Balaban J connectivity index is 2.38. The Morgan fingerprint density at radius 1 is 1.05 bits per heavy atom. The van der Waals surface area contributed by atoms with E-state index in [9.17, 15) is 13.2 Å². The van der Waals surface area contributed by atoms with Gasteiger partial charge in [0.1, 0.15) is 5.75 Å². The molecular weight excluding hydrogens is 287 g/mol. The zero-order chi connectivity index (χ0) is 15.7. The number of hydrogen-bond acceptors (Lipinski definition) is 4. The second-order valence-corrected chi connectivity index (χ2v) is 4.16. The highest BCUT2D eigenvalue weighted by atomic mass is 19.4. The van der Waals surface area contributed by atoms with E-state index in [1.54, 1.807) is 12.1 Å². The summed E-state index contributed by atoms with van der Waals surface area (Å²) in [5.41, 5.74) is 0.844. The first-order valence-corrected chi connectivity index (χ1v) is 6.73. The van der Waals surface area contributed by atoms with Gasteiger partial charge in [-0.3, -0.25) is 0 Å². The first-order valence-electron chi connectivity index (χ1n) is 6.73. The van der Waals surface area contributed by atoms with E-state index in [2.05, 4.69) is 10.1 Å². The number of halogens is 3. The van der Waals surface area contributed by atoms with Crippen LogP contribution in [0.4, 0.5) is 13.2 Å². The first-order chi connectivity index (χ1) is 9.94. The van der Waals surface area contributed by atoms with Crippen LogP contribution >= 0.6 is 0 Å². The average Bonchev–Trinajstić information content (AvgIpc) is 2.39. The molecule has 0 spiro atoms. The van der Waals surface area contributed by atoms with Gasteiger partial charge in [-0.05, 0) is 31.5 Å². The van der Waals surface area contributed by atoms with Gasteiger partial charge in [0.05, 0.1) is 0 Å². The second kappa shape index (κ2) is 8.86. The van der Waals surface area contributed by atoms with Crippen LogP contribution < -0.4 is 10.1 Å². The van der Waals surface area contributed by atoms with Crippen molar-refractivity contribution in [3.8, 4) is 5.75 Å². The topological polar surface area (TPSA) is 39.7 Å². The summed E-state index contributed by atoms with van der Waals surface area (Å²) < 4.78 is 50.6. The molecule has 4 nitrogen and oxygen atoms in total. The molecule has 0 aliphatic carbocycles. The molecule has 0 atom stereocenters. The van der Waals surface area contributed by atoms with Gasteiger partial charge in [-0.15, -0.1) is 13.2 Å². The number of ether oxygens (including phenoxy) is 3. The Morgan fingerprint density at radius 3 is 2.10 bits per heavy atom. The molecular formula is C14H20F3NO3. The van der Waals surface area contributed by atoms with Crippen LogP contribution in [0.2, 0.25) is 0 Å². The van der Waals surface area contributed by atoms with Crippen molar-refractivity contribution < 1.29 is 27.4 Å². The lowest BCUT2D eigenvalue weighted by atomic mass is 10.2. The van der Waals surface area contributed by atoms with E-state index in [0.29, 0.717) is 26.3 Å². The normalized spacial score (nSPS) is 11.9. The van der Waals surface area contributed by atoms with E-state index in [-0.39, 0.29) is 12.0 Å². The predicted octanol–water partition coefficient (Wildman–Crippen LogP) is 3.07. The Kier molecular flexibility index (Phi) is 7.49. The van der Waals surface area contributed by atoms with Crippen LogP contribution in [0.15, 0.2) is 24.3 Å². The van der Waals surface area contributed by atoms with Gasteiger partial charge < -0.3 is 19.5 Å². The highest BCUT2D eigenvalue weighted by Crippen LogP contribution is 2.22. The lowest BCUT2D eigenvalue weighted by Crippen LogP contribution is -2.31. The summed E-state index contributed by atoms with van der Waals surface area (Å²) in [6.45, 7) is 5.87. The van der Waals surface area contributed by atoms with Crippen LogP contribution in [0.1, 0.15) is 19.4 Å². The molecule has 0 saturated heterocycles. The standard InChI is InChI=1S/C14H20F3NO3/c1-3-19-13(20-4-2)10-18-9-11-5-7-12(8-6-11)21-14(15,16)17/h5-8,13,18H,3-4,9-10H2,1-2H3. The first kappa shape index (κ1) is 17.7. The van der Waals surface area contributed by atoms with Gasteiger partial charge in [0, 0.05) is 26.3 Å². The molecule has 1 aromatic rings. The number of nitrogens with one attached hydrogen (secondary N) is 1. The molecule has 7 heteroatoms. The van der Waals surface area contributed by atoms with Crippen molar-refractivity contribution in [1.82, 2.24) is 5.32 Å². The number of hydrogen-bond donors (Lipinski definition) is 1. The van der Waals surface area contributed by atoms with E-state index >= 15 is 0 Å². The summed E-state index contributed by atoms with van der Waals surface area (Å²) in [7, 11) is 0. The molecule has 0 fully saturated rings. The van der Waals surface area contributed by atoms with Crippen LogP contribution in [0.25, 0.3) is 0 Å². The SMILES string of the molecule is CCOC(CNCc1ccc(OC(F)(F)F)cc1)OCC. The number of alkyl halides is 3. The van der Waals surface area contributed by atoms with E-state index in [4.69, 9.17) is 9.47 Å². The molecule has 1 rings (SSSR count). The van der Waals surface area contributed by atoms with Gasteiger partial charge in [0.15, 0.2) is 6.29 Å². The molecule has 0 radical (unpaired) electrons. The average molecular weight is 307 g/mol. The molecule has 21 heavy (non-hydrogen) atoms. The van der Waals surface area contributed by atoms with Crippen molar-refractivity contribution in [1.29, 1.82) is 0 Å². The second-order valence-electron chi connectivity index (χ2n) is 4.16. The third-order valence-corrected chi connectivity index (χ3v) is 2.50. The summed E-state index contributed by atoms with van der Waals surface area (Å²) in [6.07, 6.45) is -4.99. The molecule has 0 bridgehead atoms. The third kappa shape index (κ3) is 7.89. The Bertz CT molecular complexity index is 389. The fourth-order valence-corrected chi connectivity index (χ4v) is 1.68. The Labute approximate surface area is 122 Å². The molecule has 0 aromatic heterocycles. The van der Waals surface area contributed by atoms with E-state index < -0.39 is 6.36 Å². The third-order valence-electron chi connectivity index (χ3n) is 2.50. The zero-order valence-corrected chi connectivity index (χ0v) is 12.1. The minimum absolute atomic E-state index is 0.229. The maximum atomic E-state index is 12.0. The number of benzene rings is 1. The van der Waals surface area contributed by atoms with Gasteiger partial charge >= 0.3 is 6.36 Å². The largest absolute Gasteiger partial charge is 0.573 e. The van der Waals surface area contributed by atoms with Gasteiger partial charge in [0.25, 0.3) is 0 Å². The highest BCUT2D eigenvalue weighted by molar-refractivity contribution is 5.27. The molecule has 1 N–H and O–H groups in total. The fraction of sp³-hybridized carbons (Fsp3) is 0.571. The molecule has 0 amide bonds. The van der Waals surface area contributed by atoms with E-state index in [1.165, 1.54) is 12.1 Å². The smallest absolute Gasteiger partial charge is 0.406 e. The van der Waals surface area contributed by atoms with E-state index in [0.717, 1.165) is 5.56 Å². The van der Waals surface area contributed by atoms with Gasteiger partial charge in [0.2, 0.25) is 0 Å².